The number of hydrogen-bond donors (Lipinski definition) is 1. The average Bonchev–Trinajstić information content (AvgIpc) is 2.76. The Morgan fingerprint density at radius 1 is 1.17 bits per heavy atom. The molecule has 3 rings (SSSR count). The second-order valence-electron chi connectivity index (χ2n) is 6.37. The van der Waals surface area contributed by atoms with E-state index < -0.39 is 0 Å². The van der Waals surface area contributed by atoms with E-state index in [0.717, 1.165) is 6.42 Å². The molecular weight excluding hydrogens is 222 g/mol. The van der Waals surface area contributed by atoms with E-state index in [1.165, 1.54) is 24.0 Å². The van der Waals surface area contributed by atoms with Crippen LogP contribution in [0.5, 0.6) is 0 Å². The highest BCUT2D eigenvalue weighted by Crippen LogP contribution is 2.43. The molecule has 0 bridgehead atoms. The highest BCUT2D eigenvalue weighted by molar-refractivity contribution is 5.33. The van der Waals surface area contributed by atoms with Crippen LogP contribution in [0.4, 0.5) is 0 Å². The van der Waals surface area contributed by atoms with Gasteiger partial charge in [0.05, 0.1) is 6.10 Å². The number of ether oxygens (including phenoxy) is 1. The summed E-state index contributed by atoms with van der Waals surface area (Å²) in [5, 5.41) is 3.84. The third kappa shape index (κ3) is 1.88. The predicted molar refractivity (Wildman–Crippen MR) is 73.8 cm³/mol. The molecule has 0 aliphatic heterocycles. The van der Waals surface area contributed by atoms with Gasteiger partial charge < -0.3 is 10.1 Å². The van der Waals surface area contributed by atoms with E-state index in [2.05, 4.69) is 43.4 Å². The van der Waals surface area contributed by atoms with Gasteiger partial charge in [0.1, 0.15) is 0 Å². The Hall–Kier alpha value is -0.860. The standard InChI is InChI=1S/C16H23NO/c1-16(2)14(10-15(16)18-3)17-13-8-11-6-4-5-7-12(11)9-13/h4-7,13-15,17H,8-10H2,1-3H3. The lowest BCUT2D eigenvalue weighted by Gasteiger charge is -2.52. The molecule has 1 saturated carbocycles. The maximum atomic E-state index is 5.52. The number of fused-ring (bicyclic) bond motifs is 1. The van der Waals surface area contributed by atoms with E-state index in [-0.39, 0.29) is 5.41 Å². The average molecular weight is 245 g/mol. The van der Waals surface area contributed by atoms with Gasteiger partial charge in [0, 0.05) is 24.6 Å². The van der Waals surface area contributed by atoms with Crippen molar-refractivity contribution in [2.24, 2.45) is 5.41 Å². The minimum atomic E-state index is 0.267. The van der Waals surface area contributed by atoms with Crippen molar-refractivity contribution in [1.29, 1.82) is 0 Å². The molecule has 0 radical (unpaired) electrons. The summed E-state index contributed by atoms with van der Waals surface area (Å²) in [6.07, 6.45) is 3.93. The van der Waals surface area contributed by atoms with E-state index in [9.17, 15) is 0 Å². The van der Waals surface area contributed by atoms with Crippen molar-refractivity contribution in [2.75, 3.05) is 7.11 Å². The van der Waals surface area contributed by atoms with Gasteiger partial charge in [0.15, 0.2) is 0 Å². The van der Waals surface area contributed by atoms with Gasteiger partial charge in [-0.15, -0.1) is 0 Å². The first-order valence-electron chi connectivity index (χ1n) is 6.97. The van der Waals surface area contributed by atoms with Crippen molar-refractivity contribution < 1.29 is 4.74 Å². The summed E-state index contributed by atoms with van der Waals surface area (Å²) >= 11 is 0. The van der Waals surface area contributed by atoms with Crippen LogP contribution in [0.15, 0.2) is 24.3 Å². The number of methoxy groups -OCH3 is 1. The smallest absolute Gasteiger partial charge is 0.0652 e. The van der Waals surface area contributed by atoms with Gasteiger partial charge in [0.2, 0.25) is 0 Å². The van der Waals surface area contributed by atoms with Crippen LogP contribution in [0.1, 0.15) is 31.4 Å². The molecule has 1 N–H and O–H groups in total. The SMILES string of the molecule is COC1CC(NC2Cc3ccccc3C2)C1(C)C. The monoisotopic (exact) mass is 245 g/mol. The second-order valence-corrected chi connectivity index (χ2v) is 6.37. The van der Waals surface area contributed by atoms with Crippen LogP contribution in [-0.2, 0) is 17.6 Å². The molecule has 0 amide bonds. The number of nitrogens with one attached hydrogen (secondary N) is 1. The number of hydrogen-bond acceptors (Lipinski definition) is 2. The summed E-state index contributed by atoms with van der Waals surface area (Å²) in [4.78, 5) is 0. The molecule has 2 heteroatoms. The molecule has 2 nitrogen and oxygen atoms in total. The van der Waals surface area contributed by atoms with Gasteiger partial charge in [0.25, 0.3) is 0 Å². The van der Waals surface area contributed by atoms with Gasteiger partial charge >= 0.3 is 0 Å². The molecule has 1 aromatic carbocycles. The normalized spacial score (nSPS) is 29.9. The first-order chi connectivity index (χ1) is 8.61. The molecule has 2 unspecified atom stereocenters. The summed E-state index contributed by atoms with van der Waals surface area (Å²) in [6, 6.07) is 10.0. The quantitative estimate of drug-likeness (QED) is 0.883. The van der Waals surface area contributed by atoms with Crippen LogP contribution >= 0.6 is 0 Å². The second kappa shape index (κ2) is 4.36. The fraction of sp³-hybridized carbons (Fsp3) is 0.625. The molecule has 98 valence electrons. The summed E-state index contributed by atoms with van der Waals surface area (Å²) in [5.41, 5.74) is 3.31. The first kappa shape index (κ1) is 12.2. The van der Waals surface area contributed by atoms with Crippen molar-refractivity contribution >= 4 is 0 Å². The van der Waals surface area contributed by atoms with Crippen molar-refractivity contribution in [3.05, 3.63) is 35.4 Å². The van der Waals surface area contributed by atoms with E-state index >= 15 is 0 Å². The lowest BCUT2D eigenvalue weighted by atomic mass is 9.64. The van der Waals surface area contributed by atoms with Gasteiger partial charge in [-0.05, 0) is 30.4 Å². The van der Waals surface area contributed by atoms with Gasteiger partial charge in [-0.1, -0.05) is 38.1 Å². The lowest BCUT2D eigenvalue weighted by Crippen LogP contribution is -2.62. The Morgan fingerprint density at radius 3 is 2.28 bits per heavy atom. The Balaban J connectivity index is 1.61. The zero-order valence-corrected chi connectivity index (χ0v) is 11.6. The van der Waals surface area contributed by atoms with Crippen molar-refractivity contribution in [3.8, 4) is 0 Å². The molecule has 0 saturated heterocycles. The Bertz CT molecular complexity index is 415. The van der Waals surface area contributed by atoms with E-state index in [1.54, 1.807) is 0 Å². The van der Waals surface area contributed by atoms with E-state index in [4.69, 9.17) is 4.74 Å². The minimum absolute atomic E-state index is 0.267. The van der Waals surface area contributed by atoms with Crippen molar-refractivity contribution in [3.63, 3.8) is 0 Å². The lowest BCUT2D eigenvalue weighted by molar-refractivity contribution is -0.0999. The van der Waals surface area contributed by atoms with Crippen LogP contribution in [0, 0.1) is 5.41 Å². The van der Waals surface area contributed by atoms with Crippen LogP contribution in [-0.4, -0.2) is 25.3 Å². The predicted octanol–water partition coefficient (Wildman–Crippen LogP) is 2.56. The summed E-state index contributed by atoms with van der Waals surface area (Å²) in [6.45, 7) is 4.62. The minimum Gasteiger partial charge on any atom is -0.381 e. The molecule has 2 aliphatic carbocycles. The maximum absolute atomic E-state index is 5.52. The van der Waals surface area contributed by atoms with Gasteiger partial charge in [-0.25, -0.2) is 0 Å². The zero-order valence-electron chi connectivity index (χ0n) is 11.6. The molecule has 0 aromatic heterocycles. The summed E-state index contributed by atoms with van der Waals surface area (Å²) in [7, 11) is 1.83. The van der Waals surface area contributed by atoms with Crippen LogP contribution < -0.4 is 5.32 Å². The highest BCUT2D eigenvalue weighted by atomic mass is 16.5. The molecule has 2 aliphatic rings. The maximum Gasteiger partial charge on any atom is 0.0652 e. The third-order valence-electron chi connectivity index (χ3n) is 4.95. The fourth-order valence-electron chi connectivity index (χ4n) is 3.53. The van der Waals surface area contributed by atoms with E-state index in [0.29, 0.717) is 18.2 Å². The topological polar surface area (TPSA) is 21.3 Å². The first-order valence-corrected chi connectivity index (χ1v) is 6.97. The molecule has 1 fully saturated rings. The zero-order chi connectivity index (χ0) is 12.8. The summed E-state index contributed by atoms with van der Waals surface area (Å²) in [5.74, 6) is 0. The van der Waals surface area contributed by atoms with Crippen molar-refractivity contribution in [2.45, 2.75) is 51.3 Å². The van der Waals surface area contributed by atoms with E-state index in [1.807, 2.05) is 7.11 Å². The van der Waals surface area contributed by atoms with Crippen LogP contribution in [0.25, 0.3) is 0 Å². The molecule has 0 heterocycles. The van der Waals surface area contributed by atoms with Crippen LogP contribution in [0.2, 0.25) is 0 Å². The van der Waals surface area contributed by atoms with Crippen LogP contribution in [0.3, 0.4) is 0 Å². The molecular formula is C16H23NO. The molecule has 2 atom stereocenters. The molecule has 0 spiro atoms. The highest BCUT2D eigenvalue weighted by Gasteiger charge is 2.49. The van der Waals surface area contributed by atoms with Gasteiger partial charge in [-0.2, -0.15) is 0 Å². The Kier molecular flexibility index (Phi) is 2.95. The number of rotatable bonds is 3. The van der Waals surface area contributed by atoms with Gasteiger partial charge in [-0.3, -0.25) is 0 Å². The summed E-state index contributed by atoms with van der Waals surface area (Å²) < 4.78 is 5.52. The Morgan fingerprint density at radius 2 is 1.78 bits per heavy atom. The molecule has 1 aromatic rings. The fourth-order valence-corrected chi connectivity index (χ4v) is 3.53. The number of benzene rings is 1. The largest absolute Gasteiger partial charge is 0.381 e. The van der Waals surface area contributed by atoms with Crippen molar-refractivity contribution in [1.82, 2.24) is 5.32 Å². The third-order valence-corrected chi connectivity index (χ3v) is 4.95. The Labute approximate surface area is 110 Å². The molecule has 18 heavy (non-hydrogen) atoms.